The van der Waals surface area contributed by atoms with Gasteiger partial charge in [0, 0.05) is 11.6 Å². The van der Waals surface area contributed by atoms with E-state index < -0.39 is 0 Å². The molecule has 0 saturated heterocycles. The Bertz CT molecular complexity index is 352. The zero-order valence-corrected chi connectivity index (χ0v) is 7.84. The third-order valence-corrected chi connectivity index (χ3v) is 2.34. The Hall–Kier alpha value is -1.12. The fourth-order valence-electron chi connectivity index (χ4n) is 1.52. The van der Waals surface area contributed by atoms with E-state index in [2.05, 4.69) is 16.9 Å². The number of hydrogen-bond donors (Lipinski definition) is 1. The summed E-state index contributed by atoms with van der Waals surface area (Å²) < 4.78 is 0. The first kappa shape index (κ1) is 8.48. The first-order valence-electron chi connectivity index (χ1n) is 4.89. The van der Waals surface area contributed by atoms with Gasteiger partial charge in [-0.2, -0.15) is 4.98 Å². The van der Waals surface area contributed by atoms with Crippen LogP contribution in [-0.4, -0.2) is 9.97 Å². The van der Waals surface area contributed by atoms with Gasteiger partial charge in [-0.15, -0.1) is 0 Å². The molecule has 0 radical (unpaired) electrons. The number of nitrogens with one attached hydrogen (secondary N) is 1. The molecule has 0 aromatic carbocycles. The molecule has 1 N–H and O–H groups in total. The van der Waals surface area contributed by atoms with Gasteiger partial charge in [0.05, 0.1) is 5.69 Å². The fourth-order valence-corrected chi connectivity index (χ4v) is 1.52. The second-order valence-electron chi connectivity index (χ2n) is 3.66. The Morgan fingerprint density at radius 3 is 3.00 bits per heavy atom. The predicted octanol–water partition coefficient (Wildman–Crippen LogP) is 1.60. The molecule has 0 aliphatic heterocycles. The summed E-state index contributed by atoms with van der Waals surface area (Å²) in [6, 6.07) is 2.04. The van der Waals surface area contributed by atoms with Gasteiger partial charge in [0.2, 0.25) is 0 Å². The van der Waals surface area contributed by atoms with Crippen LogP contribution in [0.5, 0.6) is 0 Å². The number of rotatable bonds is 3. The minimum atomic E-state index is -0.187. The summed E-state index contributed by atoms with van der Waals surface area (Å²) in [4.78, 5) is 17.9. The lowest BCUT2D eigenvalue weighted by Crippen LogP contribution is -2.14. The van der Waals surface area contributed by atoms with Crippen molar-refractivity contribution in [3.05, 3.63) is 27.9 Å². The molecular weight excluding hydrogens is 164 g/mol. The van der Waals surface area contributed by atoms with Gasteiger partial charge in [0.1, 0.15) is 0 Å². The van der Waals surface area contributed by atoms with E-state index in [0.717, 1.165) is 24.2 Å². The standard InChI is InChI=1S/C10H14N2O/c1-2-3-8-6-9(7-4-5-7)12-10(13)11-8/h6-7H,2-5H2,1H3,(H,11,12,13). The van der Waals surface area contributed by atoms with Gasteiger partial charge in [-0.3, -0.25) is 0 Å². The highest BCUT2D eigenvalue weighted by Gasteiger charge is 2.25. The summed E-state index contributed by atoms with van der Waals surface area (Å²) in [5.41, 5.74) is 1.84. The van der Waals surface area contributed by atoms with Crippen molar-refractivity contribution < 1.29 is 0 Å². The van der Waals surface area contributed by atoms with Crippen molar-refractivity contribution >= 4 is 0 Å². The van der Waals surface area contributed by atoms with Crippen molar-refractivity contribution in [2.75, 3.05) is 0 Å². The average Bonchev–Trinajstić information content (AvgIpc) is 2.85. The van der Waals surface area contributed by atoms with E-state index in [4.69, 9.17) is 0 Å². The molecule has 0 atom stereocenters. The summed E-state index contributed by atoms with van der Waals surface area (Å²) in [6.07, 6.45) is 4.39. The Labute approximate surface area is 77.2 Å². The maximum Gasteiger partial charge on any atom is 0.345 e. The zero-order chi connectivity index (χ0) is 9.26. The summed E-state index contributed by atoms with van der Waals surface area (Å²) in [7, 11) is 0. The molecule has 1 aliphatic rings. The lowest BCUT2D eigenvalue weighted by atomic mass is 10.2. The van der Waals surface area contributed by atoms with E-state index in [9.17, 15) is 4.79 Å². The van der Waals surface area contributed by atoms with Crippen LogP contribution in [-0.2, 0) is 6.42 Å². The van der Waals surface area contributed by atoms with Crippen LogP contribution in [0.4, 0.5) is 0 Å². The maximum absolute atomic E-state index is 11.2. The Morgan fingerprint density at radius 2 is 2.38 bits per heavy atom. The van der Waals surface area contributed by atoms with Crippen molar-refractivity contribution in [1.82, 2.24) is 9.97 Å². The Balaban J connectivity index is 2.30. The molecule has 1 fully saturated rings. The van der Waals surface area contributed by atoms with Gasteiger partial charge in [-0.25, -0.2) is 4.79 Å². The van der Waals surface area contributed by atoms with E-state index in [-0.39, 0.29) is 5.69 Å². The molecule has 13 heavy (non-hydrogen) atoms. The SMILES string of the molecule is CCCc1cc(C2CC2)nc(=O)[nH]1. The molecule has 1 heterocycles. The first-order valence-corrected chi connectivity index (χ1v) is 4.89. The molecule has 3 heteroatoms. The number of aromatic amines is 1. The van der Waals surface area contributed by atoms with Crippen LogP contribution in [0.15, 0.2) is 10.9 Å². The van der Waals surface area contributed by atoms with Crippen LogP contribution in [0.2, 0.25) is 0 Å². The van der Waals surface area contributed by atoms with Crippen LogP contribution in [0.1, 0.15) is 43.5 Å². The van der Waals surface area contributed by atoms with Crippen molar-refractivity contribution in [1.29, 1.82) is 0 Å². The molecular formula is C10H14N2O. The number of nitrogens with zero attached hydrogens (tertiary/aromatic N) is 1. The largest absolute Gasteiger partial charge is 0.345 e. The van der Waals surface area contributed by atoms with Gasteiger partial charge in [-0.05, 0) is 25.3 Å². The second-order valence-corrected chi connectivity index (χ2v) is 3.66. The highest BCUT2D eigenvalue weighted by Crippen LogP contribution is 2.38. The maximum atomic E-state index is 11.2. The van der Waals surface area contributed by atoms with Gasteiger partial charge < -0.3 is 4.98 Å². The van der Waals surface area contributed by atoms with Crippen LogP contribution in [0.3, 0.4) is 0 Å². The first-order chi connectivity index (χ1) is 6.29. The van der Waals surface area contributed by atoms with Gasteiger partial charge in [0.15, 0.2) is 0 Å². The van der Waals surface area contributed by atoms with Gasteiger partial charge in [-0.1, -0.05) is 13.3 Å². The van der Waals surface area contributed by atoms with Crippen LogP contribution in [0, 0.1) is 0 Å². The third kappa shape index (κ3) is 1.97. The summed E-state index contributed by atoms with van der Waals surface area (Å²) >= 11 is 0. The summed E-state index contributed by atoms with van der Waals surface area (Å²) in [5.74, 6) is 0.568. The molecule has 1 saturated carbocycles. The van der Waals surface area contributed by atoms with Crippen LogP contribution >= 0.6 is 0 Å². The van der Waals surface area contributed by atoms with Crippen molar-refractivity contribution in [3.63, 3.8) is 0 Å². The fraction of sp³-hybridized carbons (Fsp3) is 0.600. The molecule has 0 spiro atoms. The highest BCUT2D eigenvalue weighted by molar-refractivity contribution is 5.17. The molecule has 70 valence electrons. The molecule has 0 bridgehead atoms. The summed E-state index contributed by atoms with van der Waals surface area (Å²) in [5, 5.41) is 0. The Kier molecular flexibility index (Phi) is 2.17. The van der Waals surface area contributed by atoms with Crippen LogP contribution in [0.25, 0.3) is 0 Å². The van der Waals surface area contributed by atoms with Crippen LogP contribution < -0.4 is 5.69 Å². The monoisotopic (exact) mass is 178 g/mol. The van der Waals surface area contributed by atoms with E-state index in [1.54, 1.807) is 0 Å². The molecule has 1 aliphatic carbocycles. The third-order valence-electron chi connectivity index (χ3n) is 2.34. The van der Waals surface area contributed by atoms with Crippen molar-refractivity contribution in [2.24, 2.45) is 0 Å². The van der Waals surface area contributed by atoms with E-state index in [1.165, 1.54) is 12.8 Å². The Morgan fingerprint density at radius 1 is 1.62 bits per heavy atom. The smallest absolute Gasteiger partial charge is 0.310 e. The molecule has 0 unspecified atom stereocenters. The molecule has 1 aromatic heterocycles. The predicted molar refractivity (Wildman–Crippen MR) is 50.8 cm³/mol. The number of H-pyrrole nitrogens is 1. The lowest BCUT2D eigenvalue weighted by molar-refractivity contribution is 0.834. The number of hydrogen-bond acceptors (Lipinski definition) is 2. The van der Waals surface area contributed by atoms with E-state index >= 15 is 0 Å². The van der Waals surface area contributed by atoms with Crippen molar-refractivity contribution in [2.45, 2.75) is 38.5 Å². The molecule has 3 nitrogen and oxygen atoms in total. The minimum absolute atomic E-state index is 0.187. The highest BCUT2D eigenvalue weighted by atomic mass is 16.1. The molecule has 0 amide bonds. The topological polar surface area (TPSA) is 45.8 Å². The average molecular weight is 178 g/mol. The van der Waals surface area contributed by atoms with Gasteiger partial charge in [0.25, 0.3) is 0 Å². The van der Waals surface area contributed by atoms with E-state index in [0.29, 0.717) is 5.92 Å². The molecule has 2 rings (SSSR count). The second kappa shape index (κ2) is 3.32. The number of aryl methyl sites for hydroxylation is 1. The number of aromatic nitrogens is 2. The lowest BCUT2D eigenvalue weighted by Gasteiger charge is -2.00. The zero-order valence-electron chi connectivity index (χ0n) is 7.84. The van der Waals surface area contributed by atoms with Gasteiger partial charge >= 0.3 is 5.69 Å². The molecule has 1 aromatic rings. The van der Waals surface area contributed by atoms with Crippen molar-refractivity contribution in [3.8, 4) is 0 Å². The summed E-state index contributed by atoms with van der Waals surface area (Å²) in [6.45, 7) is 2.11. The van der Waals surface area contributed by atoms with E-state index in [1.807, 2.05) is 6.07 Å². The minimum Gasteiger partial charge on any atom is -0.310 e. The normalized spacial score (nSPS) is 16.1. The quantitative estimate of drug-likeness (QED) is 0.764.